The van der Waals surface area contributed by atoms with Gasteiger partial charge in [0, 0.05) is 28.3 Å². The number of esters is 1. The smallest absolute Gasteiger partial charge is 0.308 e. The third-order valence-corrected chi connectivity index (χ3v) is 4.59. The molecule has 2 N–H and O–H groups in total. The van der Waals surface area contributed by atoms with Gasteiger partial charge in [-0.3, -0.25) is 14.4 Å². The molecular formula is C23H19BrN2O4. The van der Waals surface area contributed by atoms with Crippen molar-refractivity contribution in [1.29, 1.82) is 0 Å². The average Bonchev–Trinajstić information content (AvgIpc) is 2.71. The lowest BCUT2D eigenvalue weighted by Gasteiger charge is -2.09. The predicted octanol–water partition coefficient (Wildman–Crippen LogP) is 4.81. The Kier molecular flexibility index (Phi) is 6.98. The van der Waals surface area contributed by atoms with E-state index in [0.29, 0.717) is 22.7 Å². The van der Waals surface area contributed by atoms with Crippen LogP contribution in [0.3, 0.4) is 0 Å². The first-order chi connectivity index (χ1) is 14.4. The molecule has 6 nitrogen and oxygen atoms in total. The molecule has 0 aromatic heterocycles. The third kappa shape index (κ3) is 6.28. The lowest BCUT2D eigenvalue weighted by molar-refractivity contribution is -0.131. The van der Waals surface area contributed by atoms with Crippen LogP contribution in [-0.2, 0) is 16.0 Å². The molecule has 3 aromatic carbocycles. The Morgan fingerprint density at radius 2 is 1.50 bits per heavy atom. The van der Waals surface area contributed by atoms with Gasteiger partial charge >= 0.3 is 5.97 Å². The maximum atomic E-state index is 12.4. The number of nitrogens with one attached hydrogen (secondary N) is 2. The van der Waals surface area contributed by atoms with Crippen LogP contribution in [0.4, 0.5) is 11.4 Å². The van der Waals surface area contributed by atoms with Crippen molar-refractivity contribution < 1.29 is 19.1 Å². The fourth-order valence-corrected chi connectivity index (χ4v) is 2.96. The molecule has 3 aromatic rings. The molecule has 0 aliphatic rings. The molecule has 0 radical (unpaired) electrons. The van der Waals surface area contributed by atoms with Gasteiger partial charge in [-0.25, -0.2) is 0 Å². The van der Waals surface area contributed by atoms with E-state index >= 15 is 0 Å². The molecule has 7 heteroatoms. The van der Waals surface area contributed by atoms with Crippen molar-refractivity contribution in [1.82, 2.24) is 0 Å². The van der Waals surface area contributed by atoms with Crippen LogP contribution in [0.25, 0.3) is 0 Å². The van der Waals surface area contributed by atoms with Gasteiger partial charge < -0.3 is 15.4 Å². The number of hydrogen-bond donors (Lipinski definition) is 2. The van der Waals surface area contributed by atoms with Crippen molar-refractivity contribution in [2.75, 3.05) is 10.6 Å². The van der Waals surface area contributed by atoms with Crippen molar-refractivity contribution in [2.45, 2.75) is 13.3 Å². The number of halogens is 1. The second-order valence-corrected chi connectivity index (χ2v) is 7.42. The van der Waals surface area contributed by atoms with Crippen LogP contribution in [0.1, 0.15) is 22.8 Å². The van der Waals surface area contributed by atoms with Crippen molar-refractivity contribution in [3.63, 3.8) is 0 Å². The van der Waals surface area contributed by atoms with Gasteiger partial charge in [0.25, 0.3) is 5.91 Å². The van der Waals surface area contributed by atoms with E-state index in [0.717, 1.165) is 10.0 Å². The first-order valence-corrected chi connectivity index (χ1v) is 9.92. The standard InChI is InChI=1S/C23H19BrN2O4/c1-15(27)30-21-4-2-3-17(14-21)23(29)26-20-11-9-19(10-12-20)25-22(28)13-16-5-7-18(24)8-6-16/h2-12,14H,13H2,1H3,(H,25,28)(H,26,29). The summed E-state index contributed by atoms with van der Waals surface area (Å²) >= 11 is 3.37. The highest BCUT2D eigenvalue weighted by molar-refractivity contribution is 9.10. The van der Waals surface area contributed by atoms with Crippen molar-refractivity contribution >= 4 is 45.1 Å². The molecule has 0 spiro atoms. The molecule has 0 atom stereocenters. The maximum Gasteiger partial charge on any atom is 0.308 e. The highest BCUT2D eigenvalue weighted by Gasteiger charge is 2.09. The van der Waals surface area contributed by atoms with Gasteiger partial charge in [0.1, 0.15) is 5.75 Å². The molecule has 0 unspecified atom stereocenters. The minimum atomic E-state index is -0.453. The minimum absolute atomic E-state index is 0.128. The fraction of sp³-hybridized carbons (Fsp3) is 0.0870. The molecule has 0 saturated carbocycles. The average molecular weight is 467 g/mol. The lowest BCUT2D eigenvalue weighted by atomic mass is 10.1. The molecule has 0 aliphatic carbocycles. The van der Waals surface area contributed by atoms with E-state index in [-0.39, 0.29) is 18.2 Å². The van der Waals surface area contributed by atoms with E-state index in [1.165, 1.54) is 13.0 Å². The Morgan fingerprint density at radius 1 is 0.867 bits per heavy atom. The van der Waals surface area contributed by atoms with Crippen LogP contribution in [0.2, 0.25) is 0 Å². The largest absolute Gasteiger partial charge is 0.427 e. The summed E-state index contributed by atoms with van der Waals surface area (Å²) in [6.45, 7) is 1.30. The highest BCUT2D eigenvalue weighted by atomic mass is 79.9. The molecular weight excluding hydrogens is 448 g/mol. The molecule has 3 rings (SSSR count). The third-order valence-electron chi connectivity index (χ3n) is 4.06. The molecule has 152 valence electrons. The molecule has 2 amide bonds. The van der Waals surface area contributed by atoms with Gasteiger partial charge in [0.05, 0.1) is 6.42 Å². The monoisotopic (exact) mass is 466 g/mol. The number of carbonyl (C=O) groups excluding carboxylic acids is 3. The zero-order chi connectivity index (χ0) is 21.5. The van der Waals surface area contributed by atoms with E-state index in [4.69, 9.17) is 4.74 Å². The summed E-state index contributed by atoms with van der Waals surface area (Å²) < 4.78 is 5.96. The Balaban J connectivity index is 1.57. The Bertz CT molecular complexity index is 1060. The molecule has 0 heterocycles. The van der Waals surface area contributed by atoms with Crippen LogP contribution < -0.4 is 15.4 Å². The Morgan fingerprint density at radius 3 is 2.13 bits per heavy atom. The van der Waals surface area contributed by atoms with Crippen molar-refractivity contribution in [3.8, 4) is 5.75 Å². The van der Waals surface area contributed by atoms with E-state index in [9.17, 15) is 14.4 Å². The molecule has 0 bridgehead atoms. The predicted molar refractivity (Wildman–Crippen MR) is 119 cm³/mol. The van der Waals surface area contributed by atoms with Crippen LogP contribution >= 0.6 is 15.9 Å². The highest BCUT2D eigenvalue weighted by Crippen LogP contribution is 2.18. The molecule has 0 aliphatic heterocycles. The number of amides is 2. The second kappa shape index (κ2) is 9.84. The lowest BCUT2D eigenvalue weighted by Crippen LogP contribution is -2.15. The van der Waals surface area contributed by atoms with E-state index < -0.39 is 5.97 Å². The number of hydrogen-bond acceptors (Lipinski definition) is 4. The van der Waals surface area contributed by atoms with Gasteiger partial charge in [-0.05, 0) is 60.2 Å². The van der Waals surface area contributed by atoms with Crippen molar-refractivity contribution in [2.24, 2.45) is 0 Å². The SMILES string of the molecule is CC(=O)Oc1cccc(C(=O)Nc2ccc(NC(=O)Cc3ccc(Br)cc3)cc2)c1. The van der Waals surface area contributed by atoms with Gasteiger partial charge in [-0.15, -0.1) is 0 Å². The summed E-state index contributed by atoms with van der Waals surface area (Å²) in [4.78, 5) is 35.7. The van der Waals surface area contributed by atoms with Crippen LogP contribution in [-0.4, -0.2) is 17.8 Å². The van der Waals surface area contributed by atoms with E-state index in [2.05, 4.69) is 26.6 Å². The molecule has 30 heavy (non-hydrogen) atoms. The normalized spacial score (nSPS) is 10.2. The fourth-order valence-electron chi connectivity index (χ4n) is 2.70. The van der Waals surface area contributed by atoms with Gasteiger partial charge in [0.2, 0.25) is 5.91 Å². The zero-order valence-corrected chi connectivity index (χ0v) is 17.7. The number of ether oxygens (including phenoxy) is 1. The van der Waals surface area contributed by atoms with Crippen molar-refractivity contribution in [3.05, 3.63) is 88.4 Å². The van der Waals surface area contributed by atoms with Crippen LogP contribution in [0.15, 0.2) is 77.3 Å². The number of rotatable bonds is 6. The maximum absolute atomic E-state index is 12.4. The molecule has 0 saturated heterocycles. The summed E-state index contributed by atoms with van der Waals surface area (Å²) in [5.41, 5.74) is 2.48. The van der Waals surface area contributed by atoms with Gasteiger partial charge in [-0.2, -0.15) is 0 Å². The first-order valence-electron chi connectivity index (χ1n) is 9.13. The topological polar surface area (TPSA) is 84.5 Å². The first kappa shape index (κ1) is 21.3. The quantitative estimate of drug-likeness (QED) is 0.403. The second-order valence-electron chi connectivity index (χ2n) is 6.50. The summed E-state index contributed by atoms with van der Waals surface area (Å²) in [6, 6.07) is 20.7. The minimum Gasteiger partial charge on any atom is -0.427 e. The summed E-state index contributed by atoms with van der Waals surface area (Å²) in [6.07, 6.45) is 0.268. The van der Waals surface area contributed by atoms with E-state index in [1.807, 2.05) is 24.3 Å². The van der Waals surface area contributed by atoms with Gasteiger partial charge in [-0.1, -0.05) is 34.1 Å². The number of carbonyl (C=O) groups is 3. The molecule has 0 fully saturated rings. The van der Waals surface area contributed by atoms with Gasteiger partial charge in [0.15, 0.2) is 0 Å². The Hall–Kier alpha value is -3.45. The summed E-state index contributed by atoms with van der Waals surface area (Å²) in [5.74, 6) is -0.614. The van der Waals surface area contributed by atoms with Crippen LogP contribution in [0, 0.1) is 0 Å². The van der Waals surface area contributed by atoms with Crippen LogP contribution in [0.5, 0.6) is 5.75 Å². The summed E-state index contributed by atoms with van der Waals surface area (Å²) in [5, 5.41) is 5.60. The zero-order valence-electron chi connectivity index (χ0n) is 16.1. The number of benzene rings is 3. The number of anilines is 2. The summed E-state index contributed by atoms with van der Waals surface area (Å²) in [7, 11) is 0. The van der Waals surface area contributed by atoms with E-state index in [1.54, 1.807) is 42.5 Å². The Labute approximate surface area is 182 Å².